The van der Waals surface area contributed by atoms with Gasteiger partial charge in [-0.2, -0.15) is 0 Å². The Morgan fingerprint density at radius 3 is 2.16 bits per heavy atom. The maximum absolute atomic E-state index is 12.4. The molecule has 31 heavy (non-hydrogen) atoms. The first kappa shape index (κ1) is 21.7. The lowest BCUT2D eigenvalue weighted by atomic mass is 10.1. The molecule has 3 aromatic heterocycles. The summed E-state index contributed by atoms with van der Waals surface area (Å²) in [5.41, 5.74) is 2.79. The van der Waals surface area contributed by atoms with Gasteiger partial charge in [-0.3, -0.25) is 19.9 Å². The third kappa shape index (κ3) is 5.23. The van der Waals surface area contributed by atoms with Crippen molar-refractivity contribution in [3.8, 4) is 11.4 Å². The Balaban J connectivity index is 1.42. The minimum absolute atomic E-state index is 0.0856. The van der Waals surface area contributed by atoms with Gasteiger partial charge in [0.2, 0.25) is 0 Å². The molecule has 1 unspecified atom stereocenters. The van der Waals surface area contributed by atoms with Gasteiger partial charge in [-0.05, 0) is 42.8 Å². The van der Waals surface area contributed by atoms with Crippen molar-refractivity contribution in [3.05, 3.63) is 79.0 Å². The van der Waals surface area contributed by atoms with E-state index in [-0.39, 0.29) is 5.75 Å². The topological polar surface area (TPSA) is 85.2 Å². The van der Waals surface area contributed by atoms with Crippen molar-refractivity contribution < 1.29 is 8.42 Å². The van der Waals surface area contributed by atoms with Crippen molar-refractivity contribution in [3.63, 3.8) is 0 Å². The number of rotatable bonds is 7. The summed E-state index contributed by atoms with van der Waals surface area (Å²) in [7, 11) is -0.0898. The van der Waals surface area contributed by atoms with Gasteiger partial charge < -0.3 is 0 Å². The summed E-state index contributed by atoms with van der Waals surface area (Å²) in [6.45, 7) is 1.66. The monoisotopic (exact) mass is 468 g/mol. The Morgan fingerprint density at radius 1 is 0.903 bits per heavy atom. The first-order valence-electron chi connectivity index (χ1n) is 9.69. The molecule has 0 aromatic carbocycles. The van der Waals surface area contributed by atoms with Crippen LogP contribution in [0.15, 0.2) is 88.1 Å². The zero-order chi connectivity index (χ0) is 21.7. The number of nitrogens with zero attached hydrogens (tertiary/aromatic N) is 4. The minimum atomic E-state index is -3.24. The molecule has 0 saturated carbocycles. The third-order valence-corrected chi connectivity index (χ3v) is 9.15. The van der Waals surface area contributed by atoms with Crippen LogP contribution in [0.5, 0.6) is 0 Å². The number of hydrogen-bond acceptors (Lipinski definition) is 8. The van der Waals surface area contributed by atoms with E-state index < -0.39 is 15.1 Å². The van der Waals surface area contributed by atoms with Crippen LogP contribution in [0.3, 0.4) is 0 Å². The van der Waals surface area contributed by atoms with Crippen molar-refractivity contribution >= 4 is 37.1 Å². The van der Waals surface area contributed by atoms with Crippen LogP contribution in [0.25, 0.3) is 11.4 Å². The summed E-state index contributed by atoms with van der Waals surface area (Å²) in [5, 5.41) is -0.633. The maximum Gasteiger partial charge on any atom is 0.158 e. The van der Waals surface area contributed by atoms with Gasteiger partial charge in [0.1, 0.15) is 5.25 Å². The van der Waals surface area contributed by atoms with Crippen molar-refractivity contribution in [1.82, 2.24) is 15.0 Å². The highest BCUT2D eigenvalue weighted by molar-refractivity contribution is 8.76. The highest BCUT2D eigenvalue weighted by Crippen LogP contribution is 2.37. The van der Waals surface area contributed by atoms with Gasteiger partial charge in [0.25, 0.3) is 0 Å². The molecule has 0 aliphatic carbocycles. The second-order valence-electron chi connectivity index (χ2n) is 6.71. The highest BCUT2D eigenvalue weighted by atomic mass is 33.1. The number of pyridine rings is 3. The second kappa shape index (κ2) is 9.76. The molecule has 0 radical (unpaired) electrons. The lowest BCUT2D eigenvalue weighted by Gasteiger charge is -2.19. The number of aromatic nitrogens is 3. The summed E-state index contributed by atoms with van der Waals surface area (Å²) in [4.78, 5) is 19.6. The molecule has 3 aromatic rings. The van der Waals surface area contributed by atoms with Crippen LogP contribution in [0, 0.1) is 0 Å². The Kier molecular flexibility index (Phi) is 6.84. The molecule has 9 heteroatoms. The summed E-state index contributed by atoms with van der Waals surface area (Å²) in [6, 6.07) is 13.5. The Labute approximate surface area is 189 Å². The average Bonchev–Trinajstić information content (AvgIpc) is 2.84. The van der Waals surface area contributed by atoms with E-state index in [0.29, 0.717) is 17.8 Å². The van der Waals surface area contributed by atoms with E-state index in [2.05, 4.69) is 19.9 Å². The Morgan fingerprint density at radius 2 is 1.58 bits per heavy atom. The van der Waals surface area contributed by atoms with E-state index in [1.807, 2.05) is 48.7 Å². The van der Waals surface area contributed by atoms with E-state index in [1.165, 1.54) is 0 Å². The zero-order valence-corrected chi connectivity index (χ0v) is 19.2. The SMILES string of the molecule is CCS(=O)(=O)C1CC=CN=C1c1ccc(SSc2ccc(-c3ccccn3)nc2)cn1. The fraction of sp³-hybridized carbons (Fsp3) is 0.182. The summed E-state index contributed by atoms with van der Waals surface area (Å²) in [6.07, 6.45) is 9.20. The number of aliphatic imine (C=N–C) groups is 1. The molecule has 4 rings (SSSR count). The van der Waals surface area contributed by atoms with Gasteiger partial charge in [-0.15, -0.1) is 0 Å². The van der Waals surface area contributed by atoms with Crippen molar-refractivity contribution in [2.45, 2.75) is 28.4 Å². The second-order valence-corrected chi connectivity index (χ2v) is 11.5. The van der Waals surface area contributed by atoms with Crippen LogP contribution >= 0.6 is 21.6 Å². The number of sulfone groups is 1. The molecule has 158 valence electrons. The lowest BCUT2D eigenvalue weighted by molar-refractivity contribution is 0.591. The van der Waals surface area contributed by atoms with Gasteiger partial charge in [0.15, 0.2) is 9.84 Å². The third-order valence-electron chi connectivity index (χ3n) is 4.71. The van der Waals surface area contributed by atoms with Gasteiger partial charge in [-0.1, -0.05) is 40.7 Å². The van der Waals surface area contributed by atoms with Gasteiger partial charge in [0.05, 0.1) is 22.8 Å². The summed E-state index contributed by atoms with van der Waals surface area (Å²) >= 11 is 0. The minimum Gasteiger partial charge on any atom is -0.258 e. The molecule has 6 nitrogen and oxygen atoms in total. The molecule has 0 bridgehead atoms. The van der Waals surface area contributed by atoms with E-state index in [4.69, 9.17) is 0 Å². The standard InChI is InChI=1S/C22H20N4O2S3/c1-2-31(27,28)21-7-5-13-24-22(21)20-11-9-17(15-26-20)30-29-16-8-10-19(25-14-16)18-6-3-4-12-23-18/h3-6,8-15,21H,2,7H2,1H3. The lowest BCUT2D eigenvalue weighted by Crippen LogP contribution is -2.33. The smallest absolute Gasteiger partial charge is 0.158 e. The van der Waals surface area contributed by atoms with Crippen LogP contribution in [0.2, 0.25) is 0 Å². The summed E-state index contributed by atoms with van der Waals surface area (Å²) < 4.78 is 24.8. The van der Waals surface area contributed by atoms with E-state index in [1.54, 1.807) is 53.2 Å². The van der Waals surface area contributed by atoms with E-state index in [0.717, 1.165) is 21.2 Å². The van der Waals surface area contributed by atoms with Crippen molar-refractivity contribution in [2.75, 3.05) is 5.75 Å². The molecule has 0 saturated heterocycles. The number of allylic oxidation sites excluding steroid dienone is 1. The van der Waals surface area contributed by atoms with Crippen LogP contribution in [-0.2, 0) is 9.84 Å². The van der Waals surface area contributed by atoms with Crippen molar-refractivity contribution in [2.24, 2.45) is 4.99 Å². The maximum atomic E-state index is 12.4. The molecular formula is C22H20N4O2S3. The molecule has 1 aliphatic heterocycles. The van der Waals surface area contributed by atoms with Crippen LogP contribution < -0.4 is 0 Å². The largest absolute Gasteiger partial charge is 0.258 e. The first-order valence-corrected chi connectivity index (χ1v) is 13.6. The van der Waals surface area contributed by atoms with Gasteiger partial charge in [-0.25, -0.2) is 8.42 Å². The molecule has 1 aliphatic rings. The van der Waals surface area contributed by atoms with E-state index >= 15 is 0 Å². The molecule has 0 N–H and O–H groups in total. The molecule has 0 fully saturated rings. The van der Waals surface area contributed by atoms with Gasteiger partial charge >= 0.3 is 0 Å². The van der Waals surface area contributed by atoms with Crippen LogP contribution in [0.1, 0.15) is 19.0 Å². The highest BCUT2D eigenvalue weighted by Gasteiger charge is 2.30. The first-order chi connectivity index (χ1) is 15.1. The number of hydrogen-bond donors (Lipinski definition) is 0. The van der Waals surface area contributed by atoms with E-state index in [9.17, 15) is 8.42 Å². The van der Waals surface area contributed by atoms with Crippen LogP contribution in [-0.4, -0.2) is 40.1 Å². The zero-order valence-electron chi connectivity index (χ0n) is 16.7. The Bertz CT molecular complexity index is 1190. The predicted octanol–water partition coefficient (Wildman–Crippen LogP) is 4.85. The summed E-state index contributed by atoms with van der Waals surface area (Å²) in [5.74, 6) is 0.0856. The molecule has 4 heterocycles. The van der Waals surface area contributed by atoms with Gasteiger partial charge in [0, 0.05) is 40.3 Å². The van der Waals surface area contributed by atoms with Crippen molar-refractivity contribution in [1.29, 1.82) is 0 Å². The fourth-order valence-electron chi connectivity index (χ4n) is 3.03. The molecular weight excluding hydrogens is 448 g/mol. The fourth-order valence-corrected chi connectivity index (χ4v) is 6.16. The average molecular weight is 469 g/mol. The quantitative estimate of drug-likeness (QED) is 0.458. The molecule has 1 atom stereocenters. The van der Waals surface area contributed by atoms with Crippen LogP contribution in [0.4, 0.5) is 0 Å². The Hall–Kier alpha value is -2.49. The normalized spacial score (nSPS) is 16.2. The predicted molar refractivity (Wildman–Crippen MR) is 127 cm³/mol. The molecule has 0 amide bonds. The molecule has 0 spiro atoms.